The minimum atomic E-state index is -0.351. The van der Waals surface area contributed by atoms with E-state index in [1.807, 2.05) is 26.0 Å². The van der Waals surface area contributed by atoms with E-state index in [0.29, 0.717) is 25.2 Å². The molecule has 3 atom stereocenters. The van der Waals surface area contributed by atoms with Crippen molar-refractivity contribution in [3.63, 3.8) is 0 Å². The molecule has 0 bridgehead atoms. The fraction of sp³-hybridized carbons (Fsp3) is 0.714. The van der Waals surface area contributed by atoms with E-state index in [-0.39, 0.29) is 36.3 Å². The predicted octanol–water partition coefficient (Wildman–Crippen LogP) is 1.34. The van der Waals surface area contributed by atoms with Gasteiger partial charge in [0.1, 0.15) is 0 Å². The largest absolute Gasteiger partial charge is 0.394 e. The molecule has 0 aromatic rings. The molecule has 2 aliphatic rings. The van der Waals surface area contributed by atoms with Gasteiger partial charge in [-0.05, 0) is 25.2 Å². The third kappa shape index (κ3) is 2.21. The molecule has 4 nitrogen and oxygen atoms in total. The van der Waals surface area contributed by atoms with E-state index >= 15 is 0 Å². The van der Waals surface area contributed by atoms with E-state index in [2.05, 4.69) is 0 Å². The number of hydrogen-bond acceptors (Lipinski definition) is 3. The summed E-state index contributed by atoms with van der Waals surface area (Å²) in [5.74, 6) is -0.209. The van der Waals surface area contributed by atoms with Gasteiger partial charge in [0, 0.05) is 0 Å². The van der Waals surface area contributed by atoms with Crippen LogP contribution in [0.15, 0.2) is 12.2 Å². The van der Waals surface area contributed by atoms with Crippen LogP contribution in [-0.2, 0) is 9.59 Å². The van der Waals surface area contributed by atoms with Crippen LogP contribution in [0.1, 0.15) is 33.1 Å². The van der Waals surface area contributed by atoms with Gasteiger partial charge in [-0.25, -0.2) is 0 Å². The van der Waals surface area contributed by atoms with E-state index in [1.165, 1.54) is 4.90 Å². The molecular formula is C14H21NO3. The molecule has 0 radical (unpaired) electrons. The van der Waals surface area contributed by atoms with E-state index in [0.717, 1.165) is 0 Å². The number of aliphatic hydroxyl groups excluding tert-OH is 1. The molecule has 2 rings (SSSR count). The lowest BCUT2D eigenvalue weighted by Crippen LogP contribution is -2.43. The number of rotatable bonds is 4. The summed E-state index contributed by atoms with van der Waals surface area (Å²) in [6, 6.07) is -0.351. The molecule has 3 unspecified atom stereocenters. The Morgan fingerprint density at radius 1 is 1.22 bits per heavy atom. The van der Waals surface area contributed by atoms with Crippen LogP contribution >= 0.6 is 0 Å². The Kier molecular flexibility index (Phi) is 3.85. The monoisotopic (exact) mass is 251 g/mol. The summed E-state index contributed by atoms with van der Waals surface area (Å²) in [4.78, 5) is 25.9. The van der Waals surface area contributed by atoms with Crippen LogP contribution in [0.5, 0.6) is 0 Å². The maximum absolute atomic E-state index is 12.3. The molecule has 100 valence electrons. The van der Waals surface area contributed by atoms with Crippen molar-refractivity contribution in [1.82, 2.24) is 4.90 Å². The quantitative estimate of drug-likeness (QED) is 0.606. The zero-order chi connectivity index (χ0) is 13.3. The fourth-order valence-corrected chi connectivity index (χ4v) is 2.99. The highest BCUT2D eigenvalue weighted by atomic mass is 16.3. The van der Waals surface area contributed by atoms with Gasteiger partial charge in [0.25, 0.3) is 0 Å². The highest BCUT2D eigenvalue weighted by Crippen LogP contribution is 2.36. The lowest BCUT2D eigenvalue weighted by atomic mass is 9.85. The number of nitrogens with zero attached hydrogens (tertiary/aromatic N) is 1. The van der Waals surface area contributed by atoms with Crippen LogP contribution in [-0.4, -0.2) is 34.5 Å². The van der Waals surface area contributed by atoms with Gasteiger partial charge in [-0.2, -0.15) is 0 Å². The molecule has 1 saturated heterocycles. The maximum atomic E-state index is 12.3. The fourth-order valence-electron chi connectivity index (χ4n) is 2.99. The smallest absolute Gasteiger partial charge is 0.233 e. The summed E-state index contributed by atoms with van der Waals surface area (Å²) in [7, 11) is 0. The molecule has 0 saturated carbocycles. The third-order valence-electron chi connectivity index (χ3n) is 3.86. The Labute approximate surface area is 108 Å². The summed E-state index contributed by atoms with van der Waals surface area (Å²) in [5.41, 5.74) is 0. The molecule has 1 N–H and O–H groups in total. The average Bonchev–Trinajstić information content (AvgIpc) is 2.60. The summed E-state index contributed by atoms with van der Waals surface area (Å²) in [6.07, 6.45) is 5.94. The van der Waals surface area contributed by atoms with Crippen molar-refractivity contribution < 1.29 is 14.7 Å². The van der Waals surface area contributed by atoms with Gasteiger partial charge in [0.15, 0.2) is 0 Å². The van der Waals surface area contributed by atoms with Gasteiger partial charge in [-0.15, -0.1) is 0 Å². The summed E-state index contributed by atoms with van der Waals surface area (Å²) in [5, 5.41) is 9.44. The average molecular weight is 251 g/mol. The van der Waals surface area contributed by atoms with E-state index < -0.39 is 0 Å². The van der Waals surface area contributed by atoms with E-state index in [9.17, 15) is 14.7 Å². The number of allylic oxidation sites excluding steroid dienone is 2. The second-order valence-corrected chi connectivity index (χ2v) is 5.67. The standard InChI is InChI=1S/C14H21NO3/c1-9(2)7-10(8-16)15-13(17)11-5-3-4-6-12(11)14(15)18/h3-4,9-12,16H,5-8H2,1-2H3. The molecular weight excluding hydrogens is 230 g/mol. The summed E-state index contributed by atoms with van der Waals surface area (Å²) in [6.45, 7) is 3.92. The number of carbonyl (C=O) groups is 2. The highest BCUT2D eigenvalue weighted by molar-refractivity contribution is 6.05. The zero-order valence-corrected chi connectivity index (χ0v) is 11.0. The molecule has 0 spiro atoms. The molecule has 4 heteroatoms. The maximum Gasteiger partial charge on any atom is 0.233 e. The van der Waals surface area contributed by atoms with Crippen molar-refractivity contribution in [3.05, 3.63) is 12.2 Å². The number of aliphatic hydroxyl groups is 1. The lowest BCUT2D eigenvalue weighted by molar-refractivity contribution is -0.144. The minimum Gasteiger partial charge on any atom is -0.394 e. The zero-order valence-electron chi connectivity index (χ0n) is 11.0. The summed E-state index contributed by atoms with van der Waals surface area (Å²) < 4.78 is 0. The van der Waals surface area contributed by atoms with Crippen molar-refractivity contribution in [3.8, 4) is 0 Å². The van der Waals surface area contributed by atoms with Crippen LogP contribution in [0, 0.1) is 17.8 Å². The first-order valence-corrected chi connectivity index (χ1v) is 6.69. The molecule has 1 fully saturated rings. The van der Waals surface area contributed by atoms with Crippen molar-refractivity contribution >= 4 is 11.8 Å². The van der Waals surface area contributed by atoms with Crippen molar-refractivity contribution in [2.75, 3.05) is 6.61 Å². The number of fused-ring (bicyclic) bond motifs is 1. The van der Waals surface area contributed by atoms with Crippen molar-refractivity contribution in [2.45, 2.75) is 39.2 Å². The normalized spacial score (nSPS) is 29.0. The molecule has 0 aromatic carbocycles. The number of carbonyl (C=O) groups excluding carboxylic acids is 2. The highest BCUT2D eigenvalue weighted by Gasteiger charge is 2.49. The lowest BCUT2D eigenvalue weighted by Gasteiger charge is -2.26. The topological polar surface area (TPSA) is 57.6 Å². The van der Waals surface area contributed by atoms with Gasteiger partial charge in [0.2, 0.25) is 11.8 Å². The Balaban J connectivity index is 2.18. The molecule has 0 aromatic heterocycles. The van der Waals surface area contributed by atoms with Crippen LogP contribution in [0.4, 0.5) is 0 Å². The third-order valence-corrected chi connectivity index (χ3v) is 3.86. The van der Waals surface area contributed by atoms with Crippen molar-refractivity contribution in [2.24, 2.45) is 17.8 Å². The number of imide groups is 1. The molecule has 18 heavy (non-hydrogen) atoms. The van der Waals surface area contributed by atoms with Crippen molar-refractivity contribution in [1.29, 1.82) is 0 Å². The van der Waals surface area contributed by atoms with Crippen LogP contribution in [0.25, 0.3) is 0 Å². The SMILES string of the molecule is CC(C)CC(CO)N1C(=O)C2CC=CCC2C1=O. The Morgan fingerprint density at radius 2 is 1.72 bits per heavy atom. The Hall–Kier alpha value is -1.16. The minimum absolute atomic E-state index is 0.0888. The van der Waals surface area contributed by atoms with Crippen LogP contribution in [0.2, 0.25) is 0 Å². The molecule has 1 aliphatic carbocycles. The number of hydrogen-bond donors (Lipinski definition) is 1. The Morgan fingerprint density at radius 3 is 2.11 bits per heavy atom. The van der Waals surface area contributed by atoms with Gasteiger partial charge in [-0.1, -0.05) is 26.0 Å². The molecule has 1 heterocycles. The molecule has 2 amide bonds. The van der Waals surface area contributed by atoms with E-state index in [1.54, 1.807) is 0 Å². The van der Waals surface area contributed by atoms with Gasteiger partial charge < -0.3 is 5.11 Å². The molecule has 1 aliphatic heterocycles. The predicted molar refractivity (Wildman–Crippen MR) is 67.5 cm³/mol. The van der Waals surface area contributed by atoms with Gasteiger partial charge in [0.05, 0.1) is 24.5 Å². The second-order valence-electron chi connectivity index (χ2n) is 5.67. The first kappa shape index (κ1) is 13.3. The van der Waals surface area contributed by atoms with Crippen LogP contribution < -0.4 is 0 Å². The number of likely N-dealkylation sites (tertiary alicyclic amines) is 1. The first-order chi connectivity index (χ1) is 8.56. The second kappa shape index (κ2) is 5.22. The first-order valence-electron chi connectivity index (χ1n) is 6.69. The summed E-state index contributed by atoms with van der Waals surface area (Å²) >= 11 is 0. The number of amides is 2. The van der Waals surface area contributed by atoms with E-state index in [4.69, 9.17) is 0 Å². The van der Waals surface area contributed by atoms with Crippen LogP contribution in [0.3, 0.4) is 0 Å². The van der Waals surface area contributed by atoms with Gasteiger partial charge in [-0.3, -0.25) is 14.5 Å². The Bertz CT molecular complexity index is 349. The van der Waals surface area contributed by atoms with Gasteiger partial charge >= 0.3 is 0 Å².